The quantitative estimate of drug-likeness (QED) is 0.534. The van der Waals surface area contributed by atoms with Gasteiger partial charge in [-0.1, -0.05) is 6.08 Å². The van der Waals surface area contributed by atoms with Crippen molar-refractivity contribution in [3.8, 4) is 0 Å². The molecule has 11 heteroatoms. The lowest BCUT2D eigenvalue weighted by molar-refractivity contribution is -0.127. The second-order valence-electron chi connectivity index (χ2n) is 6.84. The molecule has 0 unspecified atom stereocenters. The van der Waals surface area contributed by atoms with Gasteiger partial charge in [0.2, 0.25) is 5.91 Å². The van der Waals surface area contributed by atoms with Gasteiger partial charge in [0.15, 0.2) is 15.8 Å². The molecule has 0 spiro atoms. The minimum Gasteiger partial charge on any atom is -0.465 e. The molecular formula is C20H20F2N2O5S2. The first-order valence-corrected chi connectivity index (χ1v) is 11.5. The maximum Gasteiger partial charge on any atom is 0.340 e. The second kappa shape index (κ2) is 8.75. The zero-order valence-electron chi connectivity index (χ0n) is 17.0. The lowest BCUT2D eigenvalue weighted by Gasteiger charge is -2.27. The molecule has 1 amide bonds. The van der Waals surface area contributed by atoms with Crippen molar-refractivity contribution in [3.63, 3.8) is 0 Å². The zero-order valence-corrected chi connectivity index (χ0v) is 18.6. The van der Waals surface area contributed by atoms with E-state index in [4.69, 9.17) is 4.74 Å². The number of fused-ring (bicyclic) bond motifs is 1. The number of ether oxygens (including phenoxy) is 1. The molecule has 1 N–H and O–H groups in total. The summed E-state index contributed by atoms with van der Waals surface area (Å²) in [5.74, 6) is -3.34. The molecule has 7 nitrogen and oxygen atoms in total. The molecule has 1 aliphatic heterocycles. The van der Waals surface area contributed by atoms with Crippen molar-refractivity contribution < 1.29 is 31.5 Å². The first-order valence-electron chi connectivity index (χ1n) is 9.22. The molecule has 0 bridgehead atoms. The van der Waals surface area contributed by atoms with Gasteiger partial charge in [-0.25, -0.2) is 22.0 Å². The van der Waals surface area contributed by atoms with E-state index in [-0.39, 0.29) is 34.3 Å². The van der Waals surface area contributed by atoms with Gasteiger partial charge in [0, 0.05) is 23.1 Å². The van der Waals surface area contributed by atoms with Crippen molar-refractivity contribution in [1.29, 1.82) is 0 Å². The van der Waals surface area contributed by atoms with Gasteiger partial charge >= 0.3 is 5.97 Å². The van der Waals surface area contributed by atoms with Crippen molar-refractivity contribution in [2.45, 2.75) is 31.0 Å². The van der Waals surface area contributed by atoms with E-state index in [9.17, 15) is 26.8 Å². The average Bonchev–Trinajstić information content (AvgIpc) is 3.14. The Balaban J connectivity index is 2.02. The summed E-state index contributed by atoms with van der Waals surface area (Å²) in [6.07, 6.45) is 1.97. The van der Waals surface area contributed by atoms with Crippen LogP contribution in [-0.2, 0) is 32.5 Å². The lowest BCUT2D eigenvalue weighted by atomic mass is 10.0. The molecule has 1 aromatic carbocycles. The summed E-state index contributed by atoms with van der Waals surface area (Å²) in [6, 6.07) is 2.57. The van der Waals surface area contributed by atoms with E-state index in [1.165, 1.54) is 0 Å². The number of allylic oxidation sites excluding steroid dienone is 1. The smallest absolute Gasteiger partial charge is 0.340 e. The number of carbonyl (C=O) groups is 2. The third kappa shape index (κ3) is 4.47. The number of rotatable bonds is 5. The van der Waals surface area contributed by atoms with Crippen molar-refractivity contribution in [2.75, 3.05) is 18.4 Å². The number of hydrogen-bond donors (Lipinski definition) is 1. The van der Waals surface area contributed by atoms with Crippen molar-refractivity contribution in [3.05, 3.63) is 57.5 Å². The molecule has 0 saturated heterocycles. The summed E-state index contributed by atoms with van der Waals surface area (Å²) >= 11 is 0.847. The van der Waals surface area contributed by atoms with Crippen LogP contribution in [0.5, 0.6) is 0 Å². The monoisotopic (exact) mass is 470 g/mol. The van der Waals surface area contributed by atoms with E-state index < -0.39 is 27.6 Å². The number of carbonyl (C=O) groups excluding carboxylic acids is 2. The number of hydrogen-bond acceptors (Lipinski definition) is 6. The van der Waals surface area contributed by atoms with Crippen LogP contribution in [0.4, 0.5) is 14.5 Å². The van der Waals surface area contributed by atoms with Crippen LogP contribution in [0.3, 0.4) is 0 Å². The van der Waals surface area contributed by atoms with Gasteiger partial charge in [-0.2, -0.15) is 0 Å². The number of nitrogens with one attached hydrogen (secondary N) is 1. The molecule has 0 saturated carbocycles. The van der Waals surface area contributed by atoms with E-state index in [1.807, 2.05) is 0 Å². The summed E-state index contributed by atoms with van der Waals surface area (Å²) in [5, 5.41) is 0. The molecule has 1 aromatic heterocycles. The van der Waals surface area contributed by atoms with E-state index >= 15 is 0 Å². The van der Waals surface area contributed by atoms with Crippen molar-refractivity contribution in [2.24, 2.45) is 0 Å². The van der Waals surface area contributed by atoms with Crippen LogP contribution in [0.2, 0.25) is 0 Å². The van der Waals surface area contributed by atoms with E-state index in [2.05, 4.69) is 4.72 Å². The summed E-state index contributed by atoms with van der Waals surface area (Å²) in [6.45, 7) is 3.90. The lowest BCUT2D eigenvalue weighted by Crippen LogP contribution is -2.36. The number of benzene rings is 1. The van der Waals surface area contributed by atoms with Gasteiger partial charge in [-0.05, 0) is 38.0 Å². The molecular weight excluding hydrogens is 450 g/mol. The molecule has 2 aromatic rings. The number of nitrogens with zero attached hydrogens (tertiary/aromatic N) is 1. The van der Waals surface area contributed by atoms with E-state index in [1.54, 1.807) is 24.8 Å². The first-order chi connectivity index (χ1) is 14.6. The fourth-order valence-corrected chi connectivity index (χ4v) is 6.13. The van der Waals surface area contributed by atoms with Crippen molar-refractivity contribution >= 4 is 38.9 Å². The van der Waals surface area contributed by atoms with Gasteiger partial charge in [0.1, 0.15) is 0 Å². The predicted molar refractivity (Wildman–Crippen MR) is 111 cm³/mol. The van der Waals surface area contributed by atoms with Crippen LogP contribution < -0.4 is 4.72 Å². The van der Waals surface area contributed by atoms with Crippen LogP contribution >= 0.6 is 11.3 Å². The fraction of sp³-hybridized carbons (Fsp3) is 0.300. The highest BCUT2D eigenvalue weighted by atomic mass is 32.2. The van der Waals surface area contributed by atoms with Crippen LogP contribution in [-0.4, -0.2) is 38.8 Å². The maximum absolute atomic E-state index is 13.5. The van der Waals surface area contributed by atoms with Crippen molar-refractivity contribution in [1.82, 2.24) is 4.90 Å². The molecule has 0 atom stereocenters. The van der Waals surface area contributed by atoms with Crippen LogP contribution in [0.25, 0.3) is 0 Å². The average molecular weight is 471 g/mol. The van der Waals surface area contributed by atoms with Gasteiger partial charge in [-0.15, -0.1) is 11.3 Å². The van der Waals surface area contributed by atoms with E-state index in [0.717, 1.165) is 30.6 Å². The Labute approximate surface area is 182 Å². The summed E-state index contributed by atoms with van der Waals surface area (Å²) in [4.78, 5) is 27.0. The fourth-order valence-electron chi connectivity index (χ4n) is 3.18. The topological polar surface area (TPSA) is 92.8 Å². The number of methoxy groups -OCH3 is 1. The predicted octanol–water partition coefficient (Wildman–Crippen LogP) is 3.46. The minimum atomic E-state index is -4.32. The van der Waals surface area contributed by atoms with E-state index in [0.29, 0.717) is 28.6 Å². The Morgan fingerprint density at radius 1 is 1.26 bits per heavy atom. The number of thiophene rings is 1. The first kappa shape index (κ1) is 22.9. The molecule has 2 heterocycles. The molecule has 0 radical (unpaired) electrons. The van der Waals surface area contributed by atoms with Gasteiger partial charge in [0.05, 0.1) is 24.9 Å². The van der Waals surface area contributed by atoms with Gasteiger partial charge in [0.25, 0.3) is 10.0 Å². The second-order valence-corrected chi connectivity index (χ2v) is 9.82. The molecule has 166 valence electrons. The Bertz CT molecular complexity index is 1190. The summed E-state index contributed by atoms with van der Waals surface area (Å²) in [5.41, 5.74) is 0.764. The zero-order chi connectivity index (χ0) is 22.9. The number of amides is 1. The summed E-state index contributed by atoms with van der Waals surface area (Å²) < 4.78 is 59.3. The highest BCUT2D eigenvalue weighted by Crippen LogP contribution is 2.37. The molecule has 0 aliphatic carbocycles. The molecule has 1 aliphatic rings. The Kier molecular flexibility index (Phi) is 6.46. The number of halogens is 2. The Hall–Kier alpha value is -2.79. The van der Waals surface area contributed by atoms with Gasteiger partial charge < -0.3 is 9.64 Å². The standard InChI is InChI=1S/C20H20F2N2O5S2/c1-4-11(2)18(25)24-8-7-13-16(10-24)30-20(17(13)19(26)29-3)31(27,28)23-12-5-6-14(21)15(22)9-12/h4-6,9,23H,7-8,10H2,1-3H3/b11-4+. The Morgan fingerprint density at radius 2 is 1.97 bits per heavy atom. The Morgan fingerprint density at radius 3 is 2.58 bits per heavy atom. The number of esters is 1. The molecule has 0 fully saturated rings. The van der Waals surface area contributed by atoms with Crippen LogP contribution in [0, 0.1) is 11.6 Å². The number of anilines is 1. The highest BCUT2D eigenvalue weighted by Gasteiger charge is 2.35. The molecule has 3 rings (SSSR count). The van der Waals surface area contributed by atoms with Crippen LogP contribution in [0.1, 0.15) is 34.6 Å². The summed E-state index contributed by atoms with van der Waals surface area (Å²) in [7, 11) is -3.18. The maximum atomic E-state index is 13.5. The highest BCUT2D eigenvalue weighted by molar-refractivity contribution is 7.94. The normalized spacial score (nSPS) is 14.2. The third-order valence-electron chi connectivity index (χ3n) is 4.89. The SMILES string of the molecule is C/C=C(\C)C(=O)N1CCc2c(sc(S(=O)(=O)Nc3ccc(F)c(F)c3)c2C(=O)OC)C1. The number of sulfonamides is 1. The third-order valence-corrected chi connectivity index (χ3v) is 8.00. The van der Waals surface area contributed by atoms with Gasteiger partial charge in [-0.3, -0.25) is 9.52 Å². The largest absolute Gasteiger partial charge is 0.465 e. The minimum absolute atomic E-state index is 0.104. The van der Waals surface area contributed by atoms with Crippen LogP contribution in [0.15, 0.2) is 34.1 Å². The molecule has 31 heavy (non-hydrogen) atoms.